The number of piperidine rings is 1. The molecule has 3 amide bonds. The van der Waals surface area contributed by atoms with Crippen LogP contribution >= 0.6 is 0 Å². The lowest BCUT2D eigenvalue weighted by Crippen LogP contribution is -2.56. The van der Waals surface area contributed by atoms with Crippen LogP contribution in [0.5, 0.6) is 0 Å². The molecule has 2 saturated heterocycles. The minimum atomic E-state index is -0.749. The number of amides is 3. The Kier molecular flexibility index (Phi) is 4.92. The molecule has 130 valence electrons. The predicted octanol–water partition coefficient (Wildman–Crippen LogP) is 1.46. The van der Waals surface area contributed by atoms with Gasteiger partial charge in [0, 0.05) is 32.2 Å². The molecule has 0 aromatic carbocycles. The maximum absolute atomic E-state index is 12.6. The van der Waals surface area contributed by atoms with Gasteiger partial charge < -0.3 is 15.0 Å². The molecule has 2 heterocycles. The Morgan fingerprint density at radius 2 is 2.09 bits per heavy atom. The minimum absolute atomic E-state index is 0.0677. The lowest BCUT2D eigenvalue weighted by atomic mass is 9.80. The number of likely N-dealkylation sites (tertiary alicyclic amines) is 1. The molecule has 2 aliphatic heterocycles. The molecule has 0 aromatic rings. The third kappa shape index (κ3) is 3.53. The summed E-state index contributed by atoms with van der Waals surface area (Å²) in [6.45, 7) is 8.65. The zero-order valence-corrected chi connectivity index (χ0v) is 14.3. The largest absolute Gasteiger partial charge is 0.380 e. The molecule has 1 saturated carbocycles. The van der Waals surface area contributed by atoms with Crippen molar-refractivity contribution in [3.05, 3.63) is 0 Å². The van der Waals surface area contributed by atoms with E-state index in [-0.39, 0.29) is 17.9 Å². The van der Waals surface area contributed by atoms with Crippen LogP contribution in [-0.4, -0.2) is 66.7 Å². The number of nitrogens with zero attached hydrogens (tertiary/aromatic N) is 2. The second kappa shape index (κ2) is 6.77. The second-order valence-corrected chi connectivity index (χ2v) is 7.34. The summed E-state index contributed by atoms with van der Waals surface area (Å²) in [5.74, 6) is 0.906. The van der Waals surface area contributed by atoms with Gasteiger partial charge in [0.25, 0.3) is 5.91 Å². The van der Waals surface area contributed by atoms with Gasteiger partial charge in [-0.05, 0) is 52.0 Å². The number of ether oxygens (including phenoxy) is 1. The van der Waals surface area contributed by atoms with Crippen molar-refractivity contribution < 1.29 is 14.3 Å². The predicted molar refractivity (Wildman–Crippen MR) is 87.0 cm³/mol. The van der Waals surface area contributed by atoms with E-state index in [0.29, 0.717) is 6.54 Å². The van der Waals surface area contributed by atoms with Crippen LogP contribution in [0, 0.1) is 11.8 Å². The van der Waals surface area contributed by atoms with E-state index in [9.17, 15) is 9.59 Å². The van der Waals surface area contributed by atoms with E-state index in [4.69, 9.17) is 4.74 Å². The van der Waals surface area contributed by atoms with Crippen molar-refractivity contribution in [3.63, 3.8) is 0 Å². The van der Waals surface area contributed by atoms with Crippen LogP contribution in [0.1, 0.15) is 39.5 Å². The molecule has 0 aromatic heterocycles. The van der Waals surface area contributed by atoms with Crippen LogP contribution in [-0.2, 0) is 9.53 Å². The monoisotopic (exact) mass is 323 g/mol. The first-order valence-electron chi connectivity index (χ1n) is 8.98. The van der Waals surface area contributed by atoms with Crippen molar-refractivity contribution in [1.82, 2.24) is 15.1 Å². The van der Waals surface area contributed by atoms with Gasteiger partial charge in [0.05, 0.1) is 6.61 Å². The van der Waals surface area contributed by atoms with Gasteiger partial charge in [-0.2, -0.15) is 0 Å². The molecule has 3 aliphatic rings. The van der Waals surface area contributed by atoms with Gasteiger partial charge in [0.1, 0.15) is 5.54 Å². The molecule has 1 N–H and O–H groups in total. The highest BCUT2D eigenvalue weighted by Gasteiger charge is 2.52. The third-order valence-corrected chi connectivity index (χ3v) is 5.54. The number of hydrogen-bond donors (Lipinski definition) is 1. The molecule has 23 heavy (non-hydrogen) atoms. The maximum atomic E-state index is 12.6. The van der Waals surface area contributed by atoms with E-state index >= 15 is 0 Å². The number of imide groups is 1. The van der Waals surface area contributed by atoms with E-state index < -0.39 is 5.54 Å². The quantitative estimate of drug-likeness (QED) is 0.569. The van der Waals surface area contributed by atoms with Gasteiger partial charge in [0.15, 0.2) is 0 Å². The van der Waals surface area contributed by atoms with Crippen LogP contribution in [0.25, 0.3) is 0 Å². The molecule has 3 fully saturated rings. The van der Waals surface area contributed by atoms with Crippen LogP contribution in [0.3, 0.4) is 0 Å². The topological polar surface area (TPSA) is 61.9 Å². The molecule has 0 spiro atoms. The highest BCUT2D eigenvalue weighted by Crippen LogP contribution is 2.32. The molecule has 0 bridgehead atoms. The van der Waals surface area contributed by atoms with E-state index in [0.717, 1.165) is 51.6 Å². The first kappa shape index (κ1) is 16.7. The molecule has 6 heteroatoms. The molecule has 1 aliphatic carbocycles. The highest BCUT2D eigenvalue weighted by atomic mass is 16.5. The first-order chi connectivity index (χ1) is 11.0. The van der Waals surface area contributed by atoms with Gasteiger partial charge in [-0.3, -0.25) is 9.69 Å². The van der Waals surface area contributed by atoms with Crippen molar-refractivity contribution in [3.8, 4) is 0 Å². The van der Waals surface area contributed by atoms with Crippen molar-refractivity contribution in [2.45, 2.75) is 45.1 Å². The Morgan fingerprint density at radius 3 is 2.74 bits per heavy atom. The molecule has 0 radical (unpaired) electrons. The zero-order valence-electron chi connectivity index (χ0n) is 14.3. The van der Waals surface area contributed by atoms with Gasteiger partial charge in [-0.25, -0.2) is 4.79 Å². The summed E-state index contributed by atoms with van der Waals surface area (Å²) in [5.41, 5.74) is -0.749. The number of carbonyl (C=O) groups is 2. The minimum Gasteiger partial charge on any atom is -0.380 e. The number of carbonyl (C=O) groups excluding carboxylic acids is 2. The second-order valence-electron chi connectivity index (χ2n) is 7.34. The lowest BCUT2D eigenvalue weighted by molar-refractivity contribution is -0.133. The van der Waals surface area contributed by atoms with Crippen molar-refractivity contribution in [2.24, 2.45) is 11.8 Å². The average Bonchev–Trinajstić information content (AvgIpc) is 3.33. The summed E-state index contributed by atoms with van der Waals surface area (Å²) >= 11 is 0. The van der Waals surface area contributed by atoms with Gasteiger partial charge >= 0.3 is 6.03 Å². The van der Waals surface area contributed by atoms with Gasteiger partial charge in [-0.1, -0.05) is 0 Å². The van der Waals surface area contributed by atoms with E-state index in [1.807, 2.05) is 13.8 Å². The summed E-state index contributed by atoms with van der Waals surface area (Å²) in [5, 5.41) is 2.94. The van der Waals surface area contributed by atoms with E-state index in [1.54, 1.807) is 0 Å². The summed E-state index contributed by atoms with van der Waals surface area (Å²) < 4.78 is 5.73. The molecule has 2 atom stereocenters. The normalized spacial score (nSPS) is 32.4. The third-order valence-electron chi connectivity index (χ3n) is 5.54. The Bertz CT molecular complexity index is 466. The fraction of sp³-hybridized carbons (Fsp3) is 0.882. The Labute approximate surface area is 138 Å². The molecule has 0 unspecified atom stereocenters. The first-order valence-corrected chi connectivity index (χ1v) is 8.98. The number of likely N-dealkylation sites (N-methyl/N-ethyl adjacent to an activating group) is 1. The summed E-state index contributed by atoms with van der Waals surface area (Å²) in [4.78, 5) is 28.3. The van der Waals surface area contributed by atoms with Crippen molar-refractivity contribution in [1.29, 1.82) is 0 Å². The summed E-state index contributed by atoms with van der Waals surface area (Å²) in [7, 11) is 0. The number of rotatable bonds is 7. The standard InChI is InChI=1S/C17H29N3O3/c1-3-20-15(21)17(2,18-16(20)22)14-5-4-8-19(11-14)9-10-23-12-13-6-7-13/h13-14H,3-12H2,1-2H3,(H,18,22)/t14-,17-/m1/s1. The van der Waals surface area contributed by atoms with Gasteiger partial charge in [-0.15, -0.1) is 0 Å². The average molecular weight is 323 g/mol. The van der Waals surface area contributed by atoms with Crippen LogP contribution < -0.4 is 5.32 Å². The summed E-state index contributed by atoms with van der Waals surface area (Å²) in [6.07, 6.45) is 4.69. The molecular weight excluding hydrogens is 294 g/mol. The van der Waals surface area contributed by atoms with Crippen molar-refractivity contribution in [2.75, 3.05) is 39.4 Å². The molecule has 3 rings (SSSR count). The highest BCUT2D eigenvalue weighted by molar-refractivity contribution is 6.07. The fourth-order valence-electron chi connectivity index (χ4n) is 3.74. The number of hydrogen-bond acceptors (Lipinski definition) is 4. The van der Waals surface area contributed by atoms with E-state index in [2.05, 4.69) is 10.2 Å². The molecular formula is C17H29N3O3. The Balaban J connectivity index is 1.52. The van der Waals surface area contributed by atoms with Gasteiger partial charge in [0.2, 0.25) is 0 Å². The maximum Gasteiger partial charge on any atom is 0.325 e. The summed E-state index contributed by atoms with van der Waals surface area (Å²) in [6, 6.07) is -0.245. The Morgan fingerprint density at radius 1 is 1.30 bits per heavy atom. The zero-order chi connectivity index (χ0) is 16.4. The number of nitrogens with one attached hydrogen (secondary N) is 1. The SMILES string of the molecule is CCN1C(=O)N[C@](C)([C@@H]2CCCN(CCOCC3CC3)C2)C1=O. The smallest absolute Gasteiger partial charge is 0.325 e. The Hall–Kier alpha value is -1.14. The van der Waals surface area contributed by atoms with Crippen LogP contribution in [0.15, 0.2) is 0 Å². The van der Waals surface area contributed by atoms with Crippen LogP contribution in [0.4, 0.5) is 4.79 Å². The fourth-order valence-corrected chi connectivity index (χ4v) is 3.74. The van der Waals surface area contributed by atoms with Crippen molar-refractivity contribution >= 4 is 11.9 Å². The molecule has 6 nitrogen and oxygen atoms in total. The lowest BCUT2D eigenvalue weighted by Gasteiger charge is -2.39. The van der Waals surface area contributed by atoms with Crippen LogP contribution in [0.2, 0.25) is 0 Å². The van der Waals surface area contributed by atoms with E-state index in [1.165, 1.54) is 17.7 Å². The number of urea groups is 1.